The number of carbonyl (C=O) groups is 3. The minimum absolute atomic E-state index is 0.0662. The van der Waals surface area contributed by atoms with Gasteiger partial charge < -0.3 is 9.84 Å². The molecule has 3 rings (SSSR count). The number of halogens is 1. The van der Waals surface area contributed by atoms with Crippen molar-refractivity contribution < 1.29 is 24.2 Å². The third-order valence-electron chi connectivity index (χ3n) is 4.04. The summed E-state index contributed by atoms with van der Waals surface area (Å²) in [7, 11) is 0. The zero-order valence-corrected chi connectivity index (χ0v) is 16.7. The number of anilines is 1. The predicted octanol–water partition coefficient (Wildman–Crippen LogP) is 3.02. The monoisotopic (exact) mass is 430 g/mol. The van der Waals surface area contributed by atoms with E-state index in [1.165, 1.54) is 13.0 Å². The topological polar surface area (TPSA) is 95.9 Å². The molecule has 2 amide bonds. The summed E-state index contributed by atoms with van der Waals surface area (Å²) in [6, 6.07) is 13.0. The maximum atomic E-state index is 13.0. The van der Waals surface area contributed by atoms with Gasteiger partial charge in [0, 0.05) is 10.6 Å². The second kappa shape index (κ2) is 8.42. The number of para-hydroxylation sites is 1. The van der Waals surface area contributed by atoms with Gasteiger partial charge in [0.15, 0.2) is 11.2 Å². The van der Waals surface area contributed by atoms with Gasteiger partial charge in [0.05, 0.1) is 5.69 Å². The average Bonchev–Trinajstić information content (AvgIpc) is 2.66. The second-order valence-electron chi connectivity index (χ2n) is 6.07. The summed E-state index contributed by atoms with van der Waals surface area (Å²) in [6.07, 6.45) is 0.224. The van der Waals surface area contributed by atoms with E-state index in [4.69, 9.17) is 33.7 Å². The van der Waals surface area contributed by atoms with Crippen molar-refractivity contribution in [1.29, 1.82) is 0 Å². The first-order chi connectivity index (χ1) is 13.8. The summed E-state index contributed by atoms with van der Waals surface area (Å²) in [6.45, 7) is 1.38. The van der Waals surface area contributed by atoms with Crippen LogP contribution in [-0.4, -0.2) is 34.1 Å². The summed E-state index contributed by atoms with van der Waals surface area (Å²) in [4.78, 5) is 37.7. The maximum absolute atomic E-state index is 13.0. The van der Waals surface area contributed by atoms with E-state index in [0.717, 1.165) is 4.90 Å². The fourth-order valence-corrected chi connectivity index (χ4v) is 3.08. The SMILES string of the molecule is C[C@@H](Oc1ccccc1/C=C1\C(=O)NC(=S)N(c2cccc(Cl)c2)C1=O)C(=O)O. The van der Waals surface area contributed by atoms with E-state index in [1.54, 1.807) is 48.5 Å². The predicted molar refractivity (Wildman–Crippen MR) is 112 cm³/mol. The number of benzene rings is 2. The number of nitrogens with zero attached hydrogens (tertiary/aromatic N) is 1. The number of ether oxygens (including phenoxy) is 1. The Hall–Kier alpha value is -3.23. The zero-order valence-electron chi connectivity index (χ0n) is 15.1. The third-order valence-corrected chi connectivity index (χ3v) is 4.56. The van der Waals surface area contributed by atoms with Gasteiger partial charge >= 0.3 is 5.97 Å². The lowest BCUT2D eigenvalue weighted by Crippen LogP contribution is -2.54. The molecule has 148 valence electrons. The average molecular weight is 431 g/mol. The van der Waals surface area contributed by atoms with Crippen LogP contribution in [-0.2, 0) is 14.4 Å². The number of aliphatic carboxylic acids is 1. The van der Waals surface area contributed by atoms with Gasteiger partial charge in [-0.25, -0.2) is 4.79 Å². The highest BCUT2D eigenvalue weighted by Crippen LogP contribution is 2.27. The second-order valence-corrected chi connectivity index (χ2v) is 6.90. The van der Waals surface area contributed by atoms with Crippen LogP contribution in [0, 0.1) is 0 Å². The number of rotatable bonds is 5. The highest BCUT2D eigenvalue weighted by molar-refractivity contribution is 7.80. The molecule has 2 N–H and O–H groups in total. The molecule has 2 aromatic rings. The van der Waals surface area contributed by atoms with Gasteiger partial charge in [0.25, 0.3) is 11.8 Å². The van der Waals surface area contributed by atoms with Crippen molar-refractivity contribution >= 4 is 58.5 Å². The Morgan fingerprint density at radius 1 is 1.24 bits per heavy atom. The standard InChI is InChI=1S/C20H15ClN2O5S/c1-11(19(26)27)28-16-8-3-2-5-12(16)9-15-17(24)22-20(29)23(18(15)25)14-7-4-6-13(21)10-14/h2-11H,1H3,(H,26,27)(H,22,24,29)/b15-9+/t11-/m1/s1. The Morgan fingerprint density at radius 3 is 2.66 bits per heavy atom. The van der Waals surface area contributed by atoms with Gasteiger partial charge in [0.2, 0.25) is 0 Å². The molecule has 0 spiro atoms. The number of nitrogens with one attached hydrogen (secondary N) is 1. The van der Waals surface area contributed by atoms with E-state index < -0.39 is 23.9 Å². The highest BCUT2D eigenvalue weighted by atomic mass is 35.5. The molecule has 9 heteroatoms. The molecule has 7 nitrogen and oxygen atoms in total. The largest absolute Gasteiger partial charge is 0.479 e. The van der Waals surface area contributed by atoms with Crippen LogP contribution in [0.25, 0.3) is 6.08 Å². The number of amides is 2. The molecule has 0 bridgehead atoms. The lowest BCUT2D eigenvalue weighted by atomic mass is 10.1. The fourth-order valence-electron chi connectivity index (χ4n) is 2.61. The number of carboxylic acid groups (broad SMARTS) is 1. The van der Waals surface area contributed by atoms with Gasteiger partial charge in [-0.05, 0) is 49.5 Å². The van der Waals surface area contributed by atoms with Crippen LogP contribution in [0.5, 0.6) is 5.75 Å². The third kappa shape index (κ3) is 4.44. The molecule has 1 heterocycles. The molecule has 1 atom stereocenters. The summed E-state index contributed by atoms with van der Waals surface area (Å²) in [5, 5.41) is 11.9. The normalized spacial score (nSPS) is 16.6. The van der Waals surface area contributed by atoms with Crippen LogP contribution in [0.3, 0.4) is 0 Å². The molecule has 29 heavy (non-hydrogen) atoms. The van der Waals surface area contributed by atoms with Gasteiger partial charge in [-0.2, -0.15) is 0 Å². The van der Waals surface area contributed by atoms with E-state index in [-0.39, 0.29) is 16.4 Å². The van der Waals surface area contributed by atoms with Crippen LogP contribution >= 0.6 is 23.8 Å². The number of carbonyl (C=O) groups excluding carboxylic acids is 2. The molecule has 0 saturated carbocycles. The number of thiocarbonyl (C=S) groups is 1. The van der Waals surface area contributed by atoms with Crippen molar-refractivity contribution in [2.24, 2.45) is 0 Å². The van der Waals surface area contributed by atoms with E-state index in [9.17, 15) is 14.4 Å². The molecule has 0 aromatic heterocycles. The number of hydrogen-bond donors (Lipinski definition) is 2. The van der Waals surface area contributed by atoms with Gasteiger partial charge in [0.1, 0.15) is 11.3 Å². The van der Waals surface area contributed by atoms with Crippen LogP contribution in [0.1, 0.15) is 12.5 Å². The van der Waals surface area contributed by atoms with Crippen molar-refractivity contribution in [2.45, 2.75) is 13.0 Å². The molecule has 1 aliphatic heterocycles. The van der Waals surface area contributed by atoms with Gasteiger partial charge in [-0.1, -0.05) is 35.9 Å². The molecular weight excluding hydrogens is 416 g/mol. The lowest BCUT2D eigenvalue weighted by Gasteiger charge is -2.29. The summed E-state index contributed by atoms with van der Waals surface area (Å²) >= 11 is 11.1. The van der Waals surface area contributed by atoms with Crippen molar-refractivity contribution in [3.8, 4) is 5.75 Å². The smallest absolute Gasteiger partial charge is 0.344 e. The van der Waals surface area contributed by atoms with Gasteiger partial charge in [-0.15, -0.1) is 0 Å². The molecule has 0 unspecified atom stereocenters. The Balaban J connectivity index is 2.01. The first-order valence-electron chi connectivity index (χ1n) is 8.43. The first kappa shape index (κ1) is 20.5. The van der Waals surface area contributed by atoms with Crippen molar-refractivity contribution in [3.63, 3.8) is 0 Å². The summed E-state index contributed by atoms with van der Waals surface area (Å²) in [5.74, 6) is -2.23. The van der Waals surface area contributed by atoms with E-state index in [0.29, 0.717) is 16.3 Å². The Bertz CT molecular complexity index is 1050. The van der Waals surface area contributed by atoms with E-state index in [1.807, 2.05) is 0 Å². The molecule has 0 radical (unpaired) electrons. The maximum Gasteiger partial charge on any atom is 0.344 e. The van der Waals surface area contributed by atoms with E-state index >= 15 is 0 Å². The Morgan fingerprint density at radius 2 is 1.97 bits per heavy atom. The van der Waals surface area contributed by atoms with Crippen LogP contribution in [0.4, 0.5) is 5.69 Å². The highest BCUT2D eigenvalue weighted by Gasteiger charge is 2.34. The Kier molecular flexibility index (Phi) is 5.95. The minimum atomic E-state index is -1.14. The Labute approximate surface area is 176 Å². The quantitative estimate of drug-likeness (QED) is 0.430. The number of hydrogen-bond acceptors (Lipinski definition) is 5. The van der Waals surface area contributed by atoms with Crippen LogP contribution < -0.4 is 15.0 Å². The molecule has 1 aliphatic rings. The molecule has 1 saturated heterocycles. The number of carboxylic acids is 1. The van der Waals surface area contributed by atoms with Crippen LogP contribution in [0.2, 0.25) is 5.02 Å². The molecule has 1 fully saturated rings. The van der Waals surface area contributed by atoms with Crippen molar-refractivity contribution in [1.82, 2.24) is 5.32 Å². The lowest BCUT2D eigenvalue weighted by molar-refractivity contribution is -0.144. The van der Waals surface area contributed by atoms with Crippen LogP contribution in [0.15, 0.2) is 54.1 Å². The fraction of sp³-hybridized carbons (Fsp3) is 0.100. The summed E-state index contributed by atoms with van der Waals surface area (Å²) in [5.41, 5.74) is 0.595. The van der Waals surface area contributed by atoms with Crippen molar-refractivity contribution in [3.05, 3.63) is 64.7 Å². The minimum Gasteiger partial charge on any atom is -0.479 e. The molecule has 2 aromatic carbocycles. The zero-order chi connectivity index (χ0) is 21.1. The molecular formula is C20H15ClN2O5S. The summed E-state index contributed by atoms with van der Waals surface area (Å²) < 4.78 is 5.42. The van der Waals surface area contributed by atoms with Crippen molar-refractivity contribution in [2.75, 3.05) is 4.90 Å². The molecule has 0 aliphatic carbocycles. The van der Waals surface area contributed by atoms with E-state index in [2.05, 4.69) is 5.32 Å². The van der Waals surface area contributed by atoms with Gasteiger partial charge in [-0.3, -0.25) is 19.8 Å². The first-order valence-corrected chi connectivity index (χ1v) is 9.22.